The second kappa shape index (κ2) is 8.25. The number of aromatic carboxylic acids is 1. The molecule has 0 bridgehead atoms. The first-order chi connectivity index (χ1) is 15.9. The summed E-state index contributed by atoms with van der Waals surface area (Å²) in [5, 5.41) is 9.84. The number of hydrogen-bond acceptors (Lipinski definition) is 3. The number of H-pyrrole nitrogens is 1. The summed E-state index contributed by atoms with van der Waals surface area (Å²) >= 11 is 0. The summed E-state index contributed by atoms with van der Waals surface area (Å²) in [5.74, 6) is -3.69. The van der Waals surface area contributed by atoms with Crippen LogP contribution in [0.25, 0.3) is 22.0 Å². The van der Waals surface area contributed by atoms with Gasteiger partial charge in [0.05, 0.1) is 4.90 Å². The van der Waals surface area contributed by atoms with E-state index in [0.717, 1.165) is 11.6 Å². The van der Waals surface area contributed by atoms with Gasteiger partial charge in [-0.05, 0) is 47.4 Å². The number of carboxylic acid groups (broad SMARTS) is 1. The van der Waals surface area contributed by atoms with Crippen LogP contribution in [-0.4, -0.2) is 24.5 Å². The third-order valence-electron chi connectivity index (χ3n) is 5.52. The Labute approximate surface area is 195 Å². The number of carboxylic acids is 1. The first-order valence-corrected chi connectivity index (χ1v) is 11.8. The van der Waals surface area contributed by atoms with Crippen LogP contribution in [-0.2, 0) is 15.4 Å². The first-order valence-electron chi connectivity index (χ1n) is 10.4. The molecule has 3 aromatic carbocycles. The van der Waals surface area contributed by atoms with E-state index in [1.165, 1.54) is 42.5 Å². The maximum Gasteiger partial charge on any atom is 0.352 e. The molecule has 0 unspecified atom stereocenters. The van der Waals surface area contributed by atoms with Crippen LogP contribution in [0.5, 0.6) is 0 Å². The lowest BCUT2D eigenvalue weighted by atomic mass is 9.87. The zero-order chi connectivity index (χ0) is 24.8. The largest absolute Gasteiger partial charge is 0.477 e. The predicted molar refractivity (Wildman–Crippen MR) is 127 cm³/mol. The summed E-state index contributed by atoms with van der Waals surface area (Å²) < 4.78 is 56.8. The standard InChI is InChI=1S/C25H22F2N2O4S/c1-25(2,3)14-7-10-16(11-8-14)34(32,33)29-15-9-12-20-18(13-15)21(23(28-20)24(30)31)17-5-4-6-19(26)22(17)27/h4-13,28-29H,1-3H3,(H,30,31). The maximum atomic E-state index is 14.6. The number of aromatic amines is 1. The molecule has 0 saturated carbocycles. The van der Waals surface area contributed by atoms with Gasteiger partial charge in [0.2, 0.25) is 0 Å². The predicted octanol–water partition coefficient (Wildman–Crippen LogP) is 5.91. The molecule has 0 fully saturated rings. The lowest BCUT2D eigenvalue weighted by Gasteiger charge is -2.19. The zero-order valence-corrected chi connectivity index (χ0v) is 19.4. The molecule has 0 aliphatic heterocycles. The lowest BCUT2D eigenvalue weighted by Crippen LogP contribution is -2.14. The van der Waals surface area contributed by atoms with E-state index in [-0.39, 0.29) is 38.2 Å². The fourth-order valence-corrected chi connectivity index (χ4v) is 4.79. The molecule has 4 aromatic rings. The number of anilines is 1. The highest BCUT2D eigenvalue weighted by Crippen LogP contribution is 2.36. The van der Waals surface area contributed by atoms with Gasteiger partial charge in [0, 0.05) is 27.7 Å². The van der Waals surface area contributed by atoms with Crippen LogP contribution < -0.4 is 4.72 Å². The average Bonchev–Trinajstić information content (AvgIpc) is 3.14. The van der Waals surface area contributed by atoms with Crippen LogP contribution in [0.4, 0.5) is 14.5 Å². The van der Waals surface area contributed by atoms with Gasteiger partial charge in [-0.2, -0.15) is 0 Å². The Morgan fingerprint density at radius 2 is 1.68 bits per heavy atom. The third-order valence-corrected chi connectivity index (χ3v) is 6.91. The second-order valence-corrected chi connectivity index (χ2v) is 10.6. The summed E-state index contributed by atoms with van der Waals surface area (Å²) in [7, 11) is -3.96. The van der Waals surface area contributed by atoms with Crippen molar-refractivity contribution in [3.63, 3.8) is 0 Å². The van der Waals surface area contributed by atoms with Crippen LogP contribution in [0.15, 0.2) is 65.6 Å². The van der Waals surface area contributed by atoms with Gasteiger partial charge in [-0.1, -0.05) is 45.0 Å². The maximum absolute atomic E-state index is 14.6. The highest BCUT2D eigenvalue weighted by Gasteiger charge is 2.24. The molecule has 0 saturated heterocycles. The highest BCUT2D eigenvalue weighted by atomic mass is 32.2. The van der Waals surface area contributed by atoms with Crippen molar-refractivity contribution in [1.82, 2.24) is 4.98 Å². The van der Waals surface area contributed by atoms with Gasteiger partial charge >= 0.3 is 5.97 Å². The number of sulfonamides is 1. The number of benzene rings is 3. The van der Waals surface area contributed by atoms with E-state index in [0.29, 0.717) is 5.52 Å². The number of hydrogen-bond donors (Lipinski definition) is 3. The normalized spacial score (nSPS) is 12.1. The Bertz CT molecular complexity index is 1520. The average molecular weight is 485 g/mol. The molecule has 4 rings (SSSR count). The summed E-state index contributed by atoms with van der Waals surface area (Å²) in [6.45, 7) is 6.06. The SMILES string of the molecule is CC(C)(C)c1ccc(S(=O)(=O)Nc2ccc3[nH]c(C(=O)O)c(-c4cccc(F)c4F)c3c2)cc1. The molecule has 1 heterocycles. The van der Waals surface area contributed by atoms with E-state index in [4.69, 9.17) is 0 Å². The monoisotopic (exact) mass is 484 g/mol. The van der Waals surface area contributed by atoms with Crippen LogP contribution >= 0.6 is 0 Å². The molecule has 0 atom stereocenters. The van der Waals surface area contributed by atoms with Crippen LogP contribution in [0, 0.1) is 11.6 Å². The minimum atomic E-state index is -3.96. The quantitative estimate of drug-likeness (QED) is 0.328. The van der Waals surface area contributed by atoms with Crippen molar-refractivity contribution in [1.29, 1.82) is 0 Å². The molecule has 34 heavy (non-hydrogen) atoms. The fraction of sp³-hybridized carbons (Fsp3) is 0.160. The van der Waals surface area contributed by atoms with Gasteiger partial charge in [-0.25, -0.2) is 22.0 Å². The Hall–Kier alpha value is -3.72. The van der Waals surface area contributed by atoms with Crippen molar-refractivity contribution < 1.29 is 27.1 Å². The second-order valence-electron chi connectivity index (χ2n) is 8.92. The van der Waals surface area contributed by atoms with Gasteiger partial charge in [-0.15, -0.1) is 0 Å². The molecule has 176 valence electrons. The van der Waals surface area contributed by atoms with E-state index in [2.05, 4.69) is 9.71 Å². The topological polar surface area (TPSA) is 99.3 Å². The molecule has 0 spiro atoms. The fourth-order valence-electron chi connectivity index (χ4n) is 3.74. The summed E-state index contributed by atoms with van der Waals surface area (Å²) in [4.78, 5) is 14.5. The summed E-state index contributed by atoms with van der Waals surface area (Å²) in [5.41, 5.74) is 0.645. The van der Waals surface area contributed by atoms with Crippen molar-refractivity contribution >= 4 is 32.6 Å². The smallest absolute Gasteiger partial charge is 0.352 e. The number of nitrogens with one attached hydrogen (secondary N) is 2. The highest BCUT2D eigenvalue weighted by molar-refractivity contribution is 7.92. The molecule has 1 aromatic heterocycles. The van der Waals surface area contributed by atoms with Gasteiger partial charge in [-0.3, -0.25) is 4.72 Å². The Morgan fingerprint density at radius 3 is 2.29 bits per heavy atom. The van der Waals surface area contributed by atoms with Crippen molar-refractivity contribution in [3.8, 4) is 11.1 Å². The molecule has 0 amide bonds. The molecule has 0 radical (unpaired) electrons. The van der Waals surface area contributed by atoms with Gasteiger partial charge in [0.25, 0.3) is 10.0 Å². The van der Waals surface area contributed by atoms with E-state index in [1.54, 1.807) is 12.1 Å². The summed E-state index contributed by atoms with van der Waals surface area (Å²) in [6.07, 6.45) is 0. The van der Waals surface area contributed by atoms with Gasteiger partial charge in [0.15, 0.2) is 11.6 Å². The number of halogens is 2. The van der Waals surface area contributed by atoms with Crippen LogP contribution in [0.1, 0.15) is 36.8 Å². The van der Waals surface area contributed by atoms with Crippen molar-refractivity contribution in [2.24, 2.45) is 0 Å². The van der Waals surface area contributed by atoms with E-state index in [1.807, 2.05) is 20.8 Å². The Kier molecular flexibility index (Phi) is 5.69. The third kappa shape index (κ3) is 4.26. The number of rotatable bonds is 5. The summed E-state index contributed by atoms with van der Waals surface area (Å²) in [6, 6.07) is 14.3. The van der Waals surface area contributed by atoms with E-state index in [9.17, 15) is 27.1 Å². The van der Waals surface area contributed by atoms with E-state index < -0.39 is 27.6 Å². The molecular weight excluding hydrogens is 462 g/mol. The molecule has 6 nitrogen and oxygen atoms in total. The lowest BCUT2D eigenvalue weighted by molar-refractivity contribution is 0.0692. The minimum absolute atomic E-state index is 0.0530. The Balaban J connectivity index is 1.79. The van der Waals surface area contributed by atoms with Crippen LogP contribution in [0.3, 0.4) is 0 Å². The molecule has 0 aliphatic rings. The molecule has 9 heteroatoms. The van der Waals surface area contributed by atoms with Crippen molar-refractivity contribution in [3.05, 3.63) is 83.6 Å². The minimum Gasteiger partial charge on any atom is -0.477 e. The van der Waals surface area contributed by atoms with Crippen molar-refractivity contribution in [2.45, 2.75) is 31.1 Å². The van der Waals surface area contributed by atoms with Crippen molar-refractivity contribution in [2.75, 3.05) is 4.72 Å². The van der Waals surface area contributed by atoms with Gasteiger partial charge < -0.3 is 10.1 Å². The van der Waals surface area contributed by atoms with E-state index >= 15 is 0 Å². The zero-order valence-electron chi connectivity index (χ0n) is 18.6. The number of fused-ring (bicyclic) bond motifs is 1. The van der Waals surface area contributed by atoms with Crippen LogP contribution in [0.2, 0.25) is 0 Å². The number of aromatic nitrogens is 1. The molecule has 0 aliphatic carbocycles. The number of carbonyl (C=O) groups is 1. The van der Waals surface area contributed by atoms with Gasteiger partial charge in [0.1, 0.15) is 5.69 Å². The molecular formula is C25H22F2N2O4S. The first kappa shape index (κ1) is 23.4. The molecule has 3 N–H and O–H groups in total. The Morgan fingerprint density at radius 1 is 1.00 bits per heavy atom.